The molecule has 1 saturated heterocycles. The molecule has 2 rings (SSSR count). The van der Waals surface area contributed by atoms with Crippen LogP contribution in [0.1, 0.15) is 52.5 Å². The lowest BCUT2D eigenvalue weighted by atomic mass is 9.75. The van der Waals surface area contributed by atoms with E-state index in [0.29, 0.717) is 11.2 Å². The van der Waals surface area contributed by atoms with Gasteiger partial charge in [0.1, 0.15) is 18.0 Å². The van der Waals surface area contributed by atoms with E-state index in [-0.39, 0.29) is 0 Å². The minimum Gasteiger partial charge on any atom is -0.383 e. The third-order valence-electron chi connectivity index (χ3n) is 4.48. The zero-order chi connectivity index (χ0) is 14.8. The van der Waals surface area contributed by atoms with Gasteiger partial charge >= 0.3 is 0 Å². The van der Waals surface area contributed by atoms with Gasteiger partial charge in [0.2, 0.25) is 0 Å². The summed E-state index contributed by atoms with van der Waals surface area (Å²) in [7, 11) is 0. The van der Waals surface area contributed by atoms with Crippen molar-refractivity contribution in [1.82, 2.24) is 9.97 Å². The van der Waals surface area contributed by atoms with E-state index in [2.05, 4.69) is 42.6 Å². The van der Waals surface area contributed by atoms with Gasteiger partial charge in [0.25, 0.3) is 0 Å². The van der Waals surface area contributed by atoms with Crippen molar-refractivity contribution in [2.45, 2.75) is 53.4 Å². The summed E-state index contributed by atoms with van der Waals surface area (Å²) in [5.74, 6) is 2.51. The van der Waals surface area contributed by atoms with Crippen molar-refractivity contribution < 1.29 is 0 Å². The molecular formula is C16H28N4. The predicted octanol–water partition coefficient (Wildman–Crippen LogP) is 3.27. The highest BCUT2D eigenvalue weighted by atomic mass is 15.2. The van der Waals surface area contributed by atoms with Crippen molar-refractivity contribution in [2.24, 2.45) is 11.3 Å². The zero-order valence-electron chi connectivity index (χ0n) is 13.3. The fraction of sp³-hybridized carbons (Fsp3) is 0.750. The smallest absolute Gasteiger partial charge is 0.137 e. The average molecular weight is 276 g/mol. The Hall–Kier alpha value is -1.32. The first-order valence-electron chi connectivity index (χ1n) is 7.77. The Morgan fingerprint density at radius 1 is 1.25 bits per heavy atom. The van der Waals surface area contributed by atoms with Crippen LogP contribution in [0.25, 0.3) is 0 Å². The molecule has 4 nitrogen and oxygen atoms in total. The number of anilines is 2. The lowest BCUT2D eigenvalue weighted by Gasteiger charge is -2.39. The molecule has 2 heterocycles. The van der Waals surface area contributed by atoms with Gasteiger partial charge in [-0.15, -0.1) is 0 Å². The Kier molecular flexibility index (Phi) is 4.51. The van der Waals surface area contributed by atoms with Gasteiger partial charge in [-0.25, -0.2) is 9.97 Å². The quantitative estimate of drug-likeness (QED) is 0.920. The summed E-state index contributed by atoms with van der Waals surface area (Å²) in [5, 5.41) is 0. The Balaban J connectivity index is 2.13. The van der Waals surface area contributed by atoms with E-state index in [1.807, 2.05) is 0 Å². The Morgan fingerprint density at radius 3 is 2.45 bits per heavy atom. The minimum absolute atomic E-state index is 0.406. The van der Waals surface area contributed by atoms with Crippen molar-refractivity contribution in [2.75, 3.05) is 23.7 Å². The molecule has 0 spiro atoms. The second kappa shape index (κ2) is 5.98. The number of nitrogen functional groups attached to an aromatic ring is 1. The first-order valence-corrected chi connectivity index (χ1v) is 7.77. The first-order chi connectivity index (χ1) is 9.43. The minimum atomic E-state index is 0.406. The number of nitrogens with two attached hydrogens (primary N) is 1. The summed E-state index contributed by atoms with van der Waals surface area (Å²) < 4.78 is 0. The van der Waals surface area contributed by atoms with Crippen molar-refractivity contribution in [3.63, 3.8) is 0 Å². The van der Waals surface area contributed by atoms with Crippen LogP contribution in [0.2, 0.25) is 0 Å². The van der Waals surface area contributed by atoms with Crippen molar-refractivity contribution in [3.05, 3.63) is 11.9 Å². The van der Waals surface area contributed by atoms with Crippen molar-refractivity contribution >= 4 is 11.6 Å². The molecule has 20 heavy (non-hydrogen) atoms. The maximum atomic E-state index is 6.03. The van der Waals surface area contributed by atoms with Gasteiger partial charge in [0.05, 0.1) is 0 Å². The summed E-state index contributed by atoms with van der Waals surface area (Å²) in [6.07, 6.45) is 6.10. The molecule has 0 bridgehead atoms. The highest BCUT2D eigenvalue weighted by Gasteiger charge is 2.30. The number of aromatic nitrogens is 2. The van der Waals surface area contributed by atoms with Gasteiger partial charge < -0.3 is 10.6 Å². The summed E-state index contributed by atoms with van der Waals surface area (Å²) in [5.41, 5.74) is 7.57. The average Bonchev–Trinajstić information content (AvgIpc) is 2.40. The van der Waals surface area contributed by atoms with E-state index < -0.39 is 0 Å². The maximum Gasteiger partial charge on any atom is 0.137 e. The lowest BCUT2D eigenvalue weighted by Crippen LogP contribution is -2.39. The highest BCUT2D eigenvalue weighted by molar-refractivity contribution is 5.56. The largest absolute Gasteiger partial charge is 0.383 e. The van der Waals surface area contributed by atoms with Crippen LogP contribution in [-0.4, -0.2) is 23.1 Å². The molecule has 0 atom stereocenters. The number of hydrogen-bond donors (Lipinski definition) is 1. The maximum absolute atomic E-state index is 6.03. The number of rotatable bonds is 3. The number of nitrogens with zero attached hydrogens (tertiary/aromatic N) is 3. The highest BCUT2D eigenvalue weighted by Crippen LogP contribution is 2.36. The van der Waals surface area contributed by atoms with Crippen LogP contribution in [0.5, 0.6) is 0 Å². The summed E-state index contributed by atoms with van der Waals surface area (Å²) in [4.78, 5) is 11.0. The van der Waals surface area contributed by atoms with Crippen molar-refractivity contribution in [3.8, 4) is 0 Å². The van der Waals surface area contributed by atoms with Gasteiger partial charge in [-0.05, 0) is 30.6 Å². The number of hydrogen-bond acceptors (Lipinski definition) is 4. The molecule has 4 heteroatoms. The first kappa shape index (κ1) is 15.1. The normalized spacial score (nSPS) is 17.5. The molecule has 0 saturated carbocycles. The molecule has 0 aliphatic carbocycles. The molecule has 0 amide bonds. The molecule has 112 valence electrons. The molecule has 1 aromatic heterocycles. The van der Waals surface area contributed by atoms with Crippen LogP contribution >= 0.6 is 0 Å². The van der Waals surface area contributed by atoms with Gasteiger partial charge in [-0.3, -0.25) is 0 Å². The van der Waals surface area contributed by atoms with Gasteiger partial charge in [-0.2, -0.15) is 0 Å². The van der Waals surface area contributed by atoms with E-state index in [9.17, 15) is 0 Å². The van der Waals surface area contributed by atoms with Crippen LogP contribution in [0.15, 0.2) is 6.33 Å². The van der Waals surface area contributed by atoms with E-state index in [4.69, 9.17) is 5.73 Å². The summed E-state index contributed by atoms with van der Waals surface area (Å²) >= 11 is 0. The third-order valence-corrected chi connectivity index (χ3v) is 4.48. The zero-order valence-corrected chi connectivity index (χ0v) is 13.3. The van der Waals surface area contributed by atoms with E-state index in [1.54, 1.807) is 6.33 Å². The fourth-order valence-electron chi connectivity index (χ4n) is 3.14. The fourth-order valence-corrected chi connectivity index (χ4v) is 3.14. The Labute approximate surface area is 122 Å². The van der Waals surface area contributed by atoms with Crippen LogP contribution in [-0.2, 0) is 6.42 Å². The molecule has 1 aromatic rings. The standard InChI is InChI=1S/C16H28N4/c1-5-6-13-14(17)18-11-19-15(13)20-9-7-12(8-10-20)16(2,3)4/h11-12H,5-10H2,1-4H3,(H2,17,18,19). The molecule has 1 aliphatic rings. The SMILES string of the molecule is CCCc1c(N)ncnc1N1CCC(C(C)(C)C)CC1. The van der Waals surface area contributed by atoms with Gasteiger partial charge in [0, 0.05) is 18.7 Å². The van der Waals surface area contributed by atoms with E-state index >= 15 is 0 Å². The molecule has 0 unspecified atom stereocenters. The molecular weight excluding hydrogens is 248 g/mol. The predicted molar refractivity (Wildman–Crippen MR) is 84.8 cm³/mol. The summed E-state index contributed by atoms with van der Waals surface area (Å²) in [6.45, 7) is 11.4. The molecule has 1 fully saturated rings. The van der Waals surface area contributed by atoms with E-state index in [1.165, 1.54) is 12.8 Å². The van der Waals surface area contributed by atoms with Crippen LogP contribution < -0.4 is 10.6 Å². The second-order valence-corrected chi connectivity index (χ2v) is 6.94. The molecule has 2 N–H and O–H groups in total. The molecule has 1 aliphatic heterocycles. The van der Waals surface area contributed by atoms with E-state index in [0.717, 1.165) is 43.2 Å². The lowest BCUT2D eigenvalue weighted by molar-refractivity contribution is 0.198. The Morgan fingerprint density at radius 2 is 1.90 bits per heavy atom. The van der Waals surface area contributed by atoms with Crippen LogP contribution in [0.3, 0.4) is 0 Å². The van der Waals surface area contributed by atoms with Crippen molar-refractivity contribution in [1.29, 1.82) is 0 Å². The molecule has 0 aromatic carbocycles. The third kappa shape index (κ3) is 3.22. The summed E-state index contributed by atoms with van der Waals surface area (Å²) in [6, 6.07) is 0. The van der Waals surface area contributed by atoms with Gasteiger partial charge in [-0.1, -0.05) is 34.1 Å². The second-order valence-electron chi connectivity index (χ2n) is 6.94. The monoisotopic (exact) mass is 276 g/mol. The molecule has 0 radical (unpaired) electrons. The topological polar surface area (TPSA) is 55.0 Å². The Bertz CT molecular complexity index is 442. The van der Waals surface area contributed by atoms with Crippen LogP contribution in [0.4, 0.5) is 11.6 Å². The van der Waals surface area contributed by atoms with Gasteiger partial charge in [0.15, 0.2) is 0 Å². The van der Waals surface area contributed by atoms with Crippen LogP contribution in [0, 0.1) is 11.3 Å². The number of piperidine rings is 1.